The Morgan fingerprint density at radius 2 is 1.80 bits per heavy atom. The number of benzene rings is 1. The van der Waals surface area contributed by atoms with Crippen LogP contribution in [0.4, 0.5) is 15.9 Å². The summed E-state index contributed by atoms with van der Waals surface area (Å²) in [5, 5.41) is 0.800. The van der Waals surface area contributed by atoms with Crippen LogP contribution in [0.5, 0.6) is 0 Å². The first kappa shape index (κ1) is 19.3. The van der Waals surface area contributed by atoms with E-state index in [1.807, 2.05) is 24.3 Å². The Morgan fingerprint density at radius 1 is 1.03 bits per heavy atom. The van der Waals surface area contributed by atoms with Crippen LogP contribution in [0.3, 0.4) is 0 Å². The standard InChI is InChI=1S/C22H22FN5OS/c23-16-3-6-20(25-14-16)30-22(7-8-22)18-13-19(28-9-11-29-12-10-28)27-21(26-18)15-1-4-17(24)5-2-15/h1-6,13-14H,7-12,24H2. The molecule has 2 aliphatic rings. The van der Waals surface area contributed by atoms with Crippen molar-refractivity contribution in [2.24, 2.45) is 0 Å². The number of hydrogen-bond donors (Lipinski definition) is 1. The number of rotatable bonds is 5. The van der Waals surface area contributed by atoms with E-state index in [1.165, 1.54) is 12.3 Å². The van der Waals surface area contributed by atoms with E-state index in [0.717, 1.165) is 48.0 Å². The largest absolute Gasteiger partial charge is 0.399 e. The summed E-state index contributed by atoms with van der Waals surface area (Å²) in [4.78, 5) is 16.3. The van der Waals surface area contributed by atoms with E-state index >= 15 is 0 Å². The molecule has 30 heavy (non-hydrogen) atoms. The van der Waals surface area contributed by atoms with Gasteiger partial charge in [-0.25, -0.2) is 19.3 Å². The maximum Gasteiger partial charge on any atom is 0.161 e. The van der Waals surface area contributed by atoms with Gasteiger partial charge in [-0.2, -0.15) is 0 Å². The fraction of sp³-hybridized carbons (Fsp3) is 0.318. The number of anilines is 2. The second-order valence-electron chi connectivity index (χ2n) is 7.57. The van der Waals surface area contributed by atoms with Gasteiger partial charge in [-0.1, -0.05) is 11.8 Å². The Labute approximate surface area is 178 Å². The number of nitrogens with two attached hydrogens (primary N) is 1. The molecule has 1 saturated carbocycles. The van der Waals surface area contributed by atoms with Crippen molar-refractivity contribution in [1.82, 2.24) is 15.0 Å². The van der Waals surface area contributed by atoms with Gasteiger partial charge < -0.3 is 15.4 Å². The zero-order chi connectivity index (χ0) is 20.6. The Bertz CT molecular complexity index is 1030. The van der Waals surface area contributed by atoms with Crippen molar-refractivity contribution in [2.75, 3.05) is 36.9 Å². The van der Waals surface area contributed by atoms with Crippen LogP contribution in [0.2, 0.25) is 0 Å². The predicted octanol–water partition coefficient (Wildman–Crippen LogP) is 3.88. The number of morpholine rings is 1. The van der Waals surface area contributed by atoms with Crippen molar-refractivity contribution in [3.05, 3.63) is 60.2 Å². The predicted molar refractivity (Wildman–Crippen MR) is 116 cm³/mol. The molecular formula is C22H22FN5OS. The lowest BCUT2D eigenvalue weighted by atomic mass is 10.1. The van der Waals surface area contributed by atoms with Crippen molar-refractivity contribution in [3.8, 4) is 11.4 Å². The van der Waals surface area contributed by atoms with E-state index in [2.05, 4.69) is 16.0 Å². The first-order valence-corrected chi connectivity index (χ1v) is 10.8. The van der Waals surface area contributed by atoms with Gasteiger partial charge in [0, 0.05) is 30.4 Å². The van der Waals surface area contributed by atoms with Gasteiger partial charge in [0.1, 0.15) is 11.6 Å². The summed E-state index contributed by atoms with van der Waals surface area (Å²) in [6.45, 7) is 2.99. The Morgan fingerprint density at radius 3 is 2.47 bits per heavy atom. The SMILES string of the molecule is Nc1ccc(-c2nc(N3CCOCC3)cc(C3(Sc4ccc(F)cn4)CC3)n2)cc1. The van der Waals surface area contributed by atoms with Crippen LogP contribution >= 0.6 is 11.8 Å². The number of nitrogens with zero attached hydrogens (tertiary/aromatic N) is 4. The number of pyridine rings is 1. The monoisotopic (exact) mass is 423 g/mol. The average Bonchev–Trinajstić information content (AvgIpc) is 3.57. The summed E-state index contributed by atoms with van der Waals surface area (Å²) in [5.41, 5.74) is 8.49. The number of aromatic nitrogens is 3. The molecule has 2 aromatic heterocycles. The van der Waals surface area contributed by atoms with Crippen molar-refractivity contribution in [1.29, 1.82) is 0 Å². The summed E-state index contributed by atoms with van der Waals surface area (Å²) in [7, 11) is 0. The molecule has 6 nitrogen and oxygen atoms in total. The number of hydrogen-bond acceptors (Lipinski definition) is 7. The third-order valence-electron chi connectivity index (χ3n) is 5.39. The van der Waals surface area contributed by atoms with Gasteiger partial charge in [0.05, 0.1) is 34.9 Å². The van der Waals surface area contributed by atoms with E-state index < -0.39 is 0 Å². The normalized spacial score (nSPS) is 17.7. The molecule has 1 aliphatic heterocycles. The quantitative estimate of drug-likeness (QED) is 0.624. The number of thioether (sulfide) groups is 1. The highest BCUT2D eigenvalue weighted by molar-refractivity contribution is 8.00. The molecule has 3 aromatic rings. The Hall–Kier alpha value is -2.71. The number of halogens is 1. The summed E-state index contributed by atoms with van der Waals surface area (Å²) in [5.74, 6) is 1.27. The van der Waals surface area contributed by atoms with Crippen molar-refractivity contribution >= 4 is 23.3 Å². The molecule has 2 N–H and O–H groups in total. The molecule has 1 saturated heterocycles. The fourth-order valence-electron chi connectivity index (χ4n) is 3.53. The van der Waals surface area contributed by atoms with Crippen LogP contribution < -0.4 is 10.6 Å². The van der Waals surface area contributed by atoms with Crippen molar-refractivity contribution in [2.45, 2.75) is 22.6 Å². The van der Waals surface area contributed by atoms with E-state index in [0.29, 0.717) is 24.7 Å². The molecular weight excluding hydrogens is 401 g/mol. The fourth-order valence-corrected chi connectivity index (χ4v) is 4.69. The number of nitrogen functional groups attached to an aromatic ring is 1. The first-order valence-electron chi connectivity index (χ1n) is 10.0. The molecule has 154 valence electrons. The Kier molecular flexibility index (Phi) is 5.04. The molecule has 0 spiro atoms. The van der Waals surface area contributed by atoms with E-state index in [4.69, 9.17) is 20.4 Å². The molecule has 0 atom stereocenters. The number of ether oxygens (including phenoxy) is 1. The van der Waals surface area contributed by atoms with Crippen LogP contribution in [-0.4, -0.2) is 41.3 Å². The highest BCUT2D eigenvalue weighted by atomic mass is 32.2. The van der Waals surface area contributed by atoms with Gasteiger partial charge in [-0.3, -0.25) is 0 Å². The molecule has 1 aromatic carbocycles. The Balaban J connectivity index is 1.53. The highest BCUT2D eigenvalue weighted by Gasteiger charge is 2.48. The first-order chi connectivity index (χ1) is 14.6. The minimum absolute atomic E-state index is 0.155. The van der Waals surface area contributed by atoms with E-state index in [-0.39, 0.29) is 10.6 Å². The van der Waals surface area contributed by atoms with Gasteiger partial charge in [0.25, 0.3) is 0 Å². The van der Waals surface area contributed by atoms with Crippen LogP contribution in [0.15, 0.2) is 53.7 Å². The second kappa shape index (κ2) is 7.85. The maximum absolute atomic E-state index is 13.3. The van der Waals surface area contributed by atoms with Gasteiger partial charge in [-0.15, -0.1) is 0 Å². The third kappa shape index (κ3) is 3.97. The lowest BCUT2D eigenvalue weighted by Crippen LogP contribution is -2.37. The van der Waals surface area contributed by atoms with Gasteiger partial charge in [-0.05, 0) is 49.2 Å². The van der Waals surface area contributed by atoms with Crippen molar-refractivity contribution < 1.29 is 9.13 Å². The molecule has 3 heterocycles. The molecule has 2 fully saturated rings. The topological polar surface area (TPSA) is 77.2 Å². The maximum atomic E-state index is 13.3. The minimum atomic E-state index is -0.327. The molecule has 0 bridgehead atoms. The van der Waals surface area contributed by atoms with Gasteiger partial charge in [0.15, 0.2) is 5.82 Å². The average molecular weight is 424 g/mol. The van der Waals surface area contributed by atoms with Crippen LogP contribution in [0, 0.1) is 5.82 Å². The van der Waals surface area contributed by atoms with Crippen LogP contribution in [-0.2, 0) is 9.48 Å². The van der Waals surface area contributed by atoms with E-state index in [9.17, 15) is 4.39 Å². The third-order valence-corrected chi connectivity index (χ3v) is 6.85. The van der Waals surface area contributed by atoms with Crippen LogP contribution in [0.1, 0.15) is 18.5 Å². The van der Waals surface area contributed by atoms with Crippen molar-refractivity contribution in [3.63, 3.8) is 0 Å². The highest BCUT2D eigenvalue weighted by Crippen LogP contribution is 2.59. The van der Waals surface area contributed by atoms with Crippen LogP contribution in [0.25, 0.3) is 11.4 Å². The summed E-state index contributed by atoms with van der Waals surface area (Å²) >= 11 is 1.65. The summed E-state index contributed by atoms with van der Waals surface area (Å²) < 4.78 is 18.6. The zero-order valence-electron chi connectivity index (χ0n) is 16.4. The van der Waals surface area contributed by atoms with Gasteiger partial charge in [0.2, 0.25) is 0 Å². The molecule has 0 amide bonds. The van der Waals surface area contributed by atoms with E-state index in [1.54, 1.807) is 17.8 Å². The molecule has 0 unspecified atom stereocenters. The second-order valence-corrected chi connectivity index (χ2v) is 8.97. The molecule has 5 rings (SSSR count). The lowest BCUT2D eigenvalue weighted by Gasteiger charge is -2.29. The zero-order valence-corrected chi connectivity index (χ0v) is 17.2. The minimum Gasteiger partial charge on any atom is -0.399 e. The summed E-state index contributed by atoms with van der Waals surface area (Å²) in [6, 6.07) is 12.9. The molecule has 0 radical (unpaired) electrons. The van der Waals surface area contributed by atoms with Gasteiger partial charge >= 0.3 is 0 Å². The molecule has 1 aliphatic carbocycles. The smallest absolute Gasteiger partial charge is 0.161 e. The lowest BCUT2D eigenvalue weighted by molar-refractivity contribution is 0.122. The molecule has 8 heteroatoms. The summed E-state index contributed by atoms with van der Waals surface area (Å²) in [6.07, 6.45) is 3.26.